The van der Waals surface area contributed by atoms with Gasteiger partial charge < -0.3 is 5.73 Å². The molecule has 1 nitrogen and oxygen atoms in total. The lowest BCUT2D eigenvalue weighted by Gasteiger charge is -2.32. The van der Waals surface area contributed by atoms with Crippen LogP contribution in [0.1, 0.15) is 25.7 Å². The maximum absolute atomic E-state index is 6.30. The second-order valence-electron chi connectivity index (χ2n) is 4.76. The highest BCUT2D eigenvalue weighted by molar-refractivity contribution is 5.52. The lowest BCUT2D eigenvalue weighted by Crippen LogP contribution is -2.40. The summed E-state index contributed by atoms with van der Waals surface area (Å²) in [6.45, 7) is 0. The summed E-state index contributed by atoms with van der Waals surface area (Å²) in [5.74, 6) is 1.32. The molecular formula is C14H17N. The highest BCUT2D eigenvalue weighted by Crippen LogP contribution is 2.35. The predicted molar refractivity (Wildman–Crippen MR) is 63.2 cm³/mol. The van der Waals surface area contributed by atoms with Gasteiger partial charge in [-0.25, -0.2) is 0 Å². The molecule has 1 saturated carbocycles. The van der Waals surface area contributed by atoms with E-state index in [1.54, 1.807) is 0 Å². The Morgan fingerprint density at radius 3 is 2.80 bits per heavy atom. The molecule has 78 valence electrons. The molecule has 2 aliphatic rings. The Bertz CT molecular complexity index is 486. The van der Waals surface area contributed by atoms with Crippen molar-refractivity contribution in [2.75, 3.05) is 0 Å². The lowest BCUT2D eigenvalue weighted by atomic mass is 9.74. The Hall–Kier alpha value is -1.24. The third kappa shape index (κ3) is 1.38. The number of rotatable bonds is 0. The Labute approximate surface area is 90.3 Å². The molecule has 2 unspecified atom stereocenters. The van der Waals surface area contributed by atoms with Crippen molar-refractivity contribution in [2.24, 2.45) is 17.6 Å². The van der Waals surface area contributed by atoms with Gasteiger partial charge in [0.1, 0.15) is 0 Å². The molecule has 0 bridgehead atoms. The zero-order chi connectivity index (χ0) is 10.3. The Morgan fingerprint density at radius 1 is 1.07 bits per heavy atom. The Morgan fingerprint density at radius 2 is 1.87 bits per heavy atom. The van der Waals surface area contributed by atoms with Crippen molar-refractivity contribution in [3.8, 4) is 0 Å². The van der Waals surface area contributed by atoms with Gasteiger partial charge in [0.25, 0.3) is 0 Å². The SMILES string of the molecule is NC1=c2ccccc2=CC2CCCCC12. The normalized spacial score (nSPS) is 28.9. The van der Waals surface area contributed by atoms with E-state index in [1.807, 2.05) is 0 Å². The third-order valence-corrected chi connectivity index (χ3v) is 3.88. The van der Waals surface area contributed by atoms with Crippen LogP contribution in [0.15, 0.2) is 24.3 Å². The molecule has 1 fully saturated rings. The van der Waals surface area contributed by atoms with E-state index in [-0.39, 0.29) is 0 Å². The fourth-order valence-electron chi connectivity index (χ4n) is 3.08. The number of nitrogens with two attached hydrogens (primary N) is 1. The van der Waals surface area contributed by atoms with Gasteiger partial charge in [0.15, 0.2) is 0 Å². The minimum atomic E-state index is 0.619. The summed E-state index contributed by atoms with van der Waals surface area (Å²) in [5, 5.41) is 2.62. The van der Waals surface area contributed by atoms with E-state index in [0.717, 1.165) is 5.70 Å². The van der Waals surface area contributed by atoms with Crippen molar-refractivity contribution >= 4 is 11.8 Å². The first kappa shape index (κ1) is 9.02. The average molecular weight is 199 g/mol. The molecule has 3 rings (SSSR count). The summed E-state index contributed by atoms with van der Waals surface area (Å²) in [5.41, 5.74) is 7.43. The fraction of sp³-hybridized carbons (Fsp3) is 0.429. The average Bonchev–Trinajstić information content (AvgIpc) is 2.30. The maximum atomic E-state index is 6.30. The molecule has 0 aliphatic heterocycles. The lowest BCUT2D eigenvalue weighted by molar-refractivity contribution is 0.356. The van der Waals surface area contributed by atoms with Crippen LogP contribution in [0.25, 0.3) is 11.8 Å². The summed E-state index contributed by atoms with van der Waals surface area (Å²) in [4.78, 5) is 0. The molecule has 1 aromatic rings. The highest BCUT2D eigenvalue weighted by atomic mass is 14.6. The number of hydrogen-bond acceptors (Lipinski definition) is 1. The van der Waals surface area contributed by atoms with E-state index >= 15 is 0 Å². The van der Waals surface area contributed by atoms with Crippen molar-refractivity contribution in [3.05, 3.63) is 34.7 Å². The Balaban J connectivity index is 2.23. The molecule has 0 saturated heterocycles. The maximum Gasteiger partial charge on any atom is 0.0197 e. The summed E-state index contributed by atoms with van der Waals surface area (Å²) in [6.07, 6.45) is 7.75. The topological polar surface area (TPSA) is 26.0 Å². The molecule has 0 heterocycles. The van der Waals surface area contributed by atoms with Crippen molar-refractivity contribution < 1.29 is 0 Å². The van der Waals surface area contributed by atoms with E-state index in [9.17, 15) is 0 Å². The van der Waals surface area contributed by atoms with Gasteiger partial charge in [-0.2, -0.15) is 0 Å². The van der Waals surface area contributed by atoms with E-state index in [4.69, 9.17) is 5.73 Å². The van der Waals surface area contributed by atoms with Crippen molar-refractivity contribution in [2.45, 2.75) is 25.7 Å². The Kier molecular flexibility index (Phi) is 2.05. The van der Waals surface area contributed by atoms with Gasteiger partial charge in [-0.05, 0) is 24.0 Å². The van der Waals surface area contributed by atoms with Gasteiger partial charge in [-0.15, -0.1) is 0 Å². The van der Waals surface area contributed by atoms with Crippen LogP contribution >= 0.6 is 0 Å². The molecule has 2 N–H and O–H groups in total. The molecule has 2 aliphatic carbocycles. The predicted octanol–water partition coefficient (Wildman–Crippen LogP) is 1.35. The van der Waals surface area contributed by atoms with Crippen molar-refractivity contribution in [3.63, 3.8) is 0 Å². The van der Waals surface area contributed by atoms with Crippen LogP contribution in [-0.2, 0) is 0 Å². The van der Waals surface area contributed by atoms with E-state index in [0.29, 0.717) is 11.8 Å². The molecule has 0 radical (unpaired) electrons. The first-order chi connectivity index (χ1) is 7.36. The van der Waals surface area contributed by atoms with Gasteiger partial charge >= 0.3 is 0 Å². The second-order valence-corrected chi connectivity index (χ2v) is 4.76. The van der Waals surface area contributed by atoms with Crippen molar-refractivity contribution in [1.82, 2.24) is 0 Å². The minimum Gasteiger partial charge on any atom is -0.401 e. The third-order valence-electron chi connectivity index (χ3n) is 3.88. The zero-order valence-electron chi connectivity index (χ0n) is 8.95. The van der Waals surface area contributed by atoms with Crippen LogP contribution in [0.2, 0.25) is 0 Å². The van der Waals surface area contributed by atoms with E-state index in [1.165, 1.54) is 36.1 Å². The van der Waals surface area contributed by atoms with Crippen LogP contribution in [-0.4, -0.2) is 0 Å². The quantitative estimate of drug-likeness (QED) is 0.670. The summed E-state index contributed by atoms with van der Waals surface area (Å²) >= 11 is 0. The molecule has 1 heteroatoms. The van der Waals surface area contributed by atoms with Gasteiger partial charge in [0.2, 0.25) is 0 Å². The molecule has 0 amide bonds. The first-order valence-corrected chi connectivity index (χ1v) is 5.93. The first-order valence-electron chi connectivity index (χ1n) is 5.93. The molecule has 1 aromatic carbocycles. The van der Waals surface area contributed by atoms with Gasteiger partial charge in [-0.3, -0.25) is 0 Å². The van der Waals surface area contributed by atoms with Crippen molar-refractivity contribution in [1.29, 1.82) is 0 Å². The van der Waals surface area contributed by atoms with E-state index in [2.05, 4.69) is 30.3 Å². The fourth-order valence-corrected chi connectivity index (χ4v) is 3.08. The monoisotopic (exact) mass is 199 g/mol. The highest BCUT2D eigenvalue weighted by Gasteiger charge is 2.27. The molecule has 0 spiro atoms. The molecule has 2 atom stereocenters. The minimum absolute atomic E-state index is 0.619. The summed E-state index contributed by atoms with van der Waals surface area (Å²) in [7, 11) is 0. The number of benzene rings is 1. The van der Waals surface area contributed by atoms with Crippen LogP contribution in [0.5, 0.6) is 0 Å². The smallest absolute Gasteiger partial charge is 0.0197 e. The van der Waals surface area contributed by atoms with Crippen LogP contribution in [0, 0.1) is 11.8 Å². The number of hydrogen-bond donors (Lipinski definition) is 1. The standard InChI is InChI=1S/C14H17N/c15-14-12-7-3-1-5-10(12)9-11-6-2-4-8-13(11)14/h1,3,5,7,9,11,13H,2,4,6,8,15H2. The van der Waals surface area contributed by atoms with Gasteiger partial charge in [-0.1, -0.05) is 43.2 Å². The largest absolute Gasteiger partial charge is 0.401 e. The second kappa shape index (κ2) is 3.41. The number of fused-ring (bicyclic) bond motifs is 2. The zero-order valence-corrected chi connectivity index (χ0v) is 8.95. The van der Waals surface area contributed by atoms with Crippen LogP contribution in [0.4, 0.5) is 0 Å². The van der Waals surface area contributed by atoms with Crippen LogP contribution in [0.3, 0.4) is 0 Å². The summed E-state index contributed by atoms with van der Waals surface area (Å²) < 4.78 is 0. The molecule has 0 aromatic heterocycles. The van der Waals surface area contributed by atoms with Gasteiger partial charge in [0.05, 0.1) is 0 Å². The van der Waals surface area contributed by atoms with Crippen LogP contribution < -0.4 is 16.2 Å². The molecular weight excluding hydrogens is 182 g/mol. The van der Waals surface area contributed by atoms with Gasteiger partial charge in [0, 0.05) is 16.8 Å². The molecule has 15 heavy (non-hydrogen) atoms. The summed E-state index contributed by atoms with van der Waals surface area (Å²) in [6, 6.07) is 8.54. The van der Waals surface area contributed by atoms with E-state index < -0.39 is 0 Å².